The molecular formula is C21H22ClN7O. The average molecular weight is 424 g/mol. The van der Waals surface area contributed by atoms with Gasteiger partial charge >= 0.3 is 6.03 Å². The van der Waals surface area contributed by atoms with Crippen LogP contribution < -0.4 is 15.5 Å². The minimum absolute atomic E-state index is 0.0914. The third-order valence-electron chi connectivity index (χ3n) is 5.58. The minimum atomic E-state index is -0.111. The maximum atomic E-state index is 12.3. The summed E-state index contributed by atoms with van der Waals surface area (Å²) in [4.78, 5) is 27.5. The second kappa shape index (κ2) is 7.60. The van der Waals surface area contributed by atoms with Gasteiger partial charge in [-0.3, -0.25) is 4.90 Å². The second-order valence-corrected chi connectivity index (χ2v) is 8.18. The number of amides is 2. The highest BCUT2D eigenvalue weighted by Gasteiger charge is 2.42. The Balaban J connectivity index is 1.32. The van der Waals surface area contributed by atoms with Crippen LogP contribution in [0.2, 0.25) is 5.02 Å². The van der Waals surface area contributed by atoms with E-state index in [9.17, 15) is 4.79 Å². The lowest BCUT2D eigenvalue weighted by Gasteiger charge is -2.22. The molecule has 30 heavy (non-hydrogen) atoms. The van der Waals surface area contributed by atoms with Gasteiger partial charge in [-0.15, -0.1) is 0 Å². The maximum Gasteiger partial charge on any atom is 0.323 e. The number of carbonyl (C=O) groups excluding carboxylic acids is 1. The first kappa shape index (κ1) is 18.9. The lowest BCUT2D eigenvalue weighted by atomic mass is 10.2. The smallest absolute Gasteiger partial charge is 0.323 e. The molecule has 8 nitrogen and oxygen atoms in total. The van der Waals surface area contributed by atoms with Gasteiger partial charge in [0, 0.05) is 29.6 Å². The molecule has 2 aliphatic rings. The highest BCUT2D eigenvalue weighted by molar-refractivity contribution is 6.30. The van der Waals surface area contributed by atoms with Gasteiger partial charge in [0.1, 0.15) is 5.82 Å². The molecule has 2 N–H and O–H groups in total. The van der Waals surface area contributed by atoms with E-state index in [1.807, 2.05) is 42.0 Å². The van der Waals surface area contributed by atoms with Gasteiger partial charge in [0.2, 0.25) is 5.95 Å². The number of rotatable bonds is 6. The van der Waals surface area contributed by atoms with E-state index in [1.54, 1.807) is 23.5 Å². The van der Waals surface area contributed by atoms with Crippen molar-refractivity contribution in [3.05, 3.63) is 59.8 Å². The average Bonchev–Trinajstić information content (AvgIpc) is 3.33. The molecular weight excluding hydrogens is 402 g/mol. The monoisotopic (exact) mass is 423 g/mol. The van der Waals surface area contributed by atoms with Gasteiger partial charge < -0.3 is 15.2 Å². The molecule has 5 rings (SSSR count). The SMILES string of the molecule is C[C@H](Nc1nccc(N2C(=O)NCC2C2CC2)n1)c1cn(-c2ccc(Cl)cc2)cn1. The number of imidazole rings is 1. The van der Waals surface area contributed by atoms with Gasteiger partial charge in [0.25, 0.3) is 0 Å². The quantitative estimate of drug-likeness (QED) is 0.629. The lowest BCUT2D eigenvalue weighted by Crippen LogP contribution is -2.36. The fourth-order valence-corrected chi connectivity index (χ4v) is 3.91. The van der Waals surface area contributed by atoms with Crippen LogP contribution >= 0.6 is 11.6 Å². The van der Waals surface area contributed by atoms with E-state index >= 15 is 0 Å². The van der Waals surface area contributed by atoms with Gasteiger partial charge in [-0.05, 0) is 56.0 Å². The molecule has 1 saturated carbocycles. The number of benzene rings is 1. The molecule has 2 aromatic heterocycles. The van der Waals surface area contributed by atoms with Crippen molar-refractivity contribution >= 4 is 29.4 Å². The molecule has 0 bridgehead atoms. The standard InChI is InChI=1S/C21H22ClN7O/c1-13(17-11-28(12-25-17)16-6-4-15(22)5-7-16)26-20-23-9-8-19(27-20)29-18(14-2-3-14)10-24-21(29)30/h4-9,11-14,18H,2-3,10H2,1H3,(H,24,30)(H,23,26,27)/t13-,18?/m0/s1. The molecule has 2 fully saturated rings. The zero-order valence-corrected chi connectivity index (χ0v) is 17.3. The van der Waals surface area contributed by atoms with Gasteiger partial charge in [0.15, 0.2) is 0 Å². The highest BCUT2D eigenvalue weighted by atomic mass is 35.5. The molecule has 154 valence electrons. The first-order valence-electron chi connectivity index (χ1n) is 10.0. The van der Waals surface area contributed by atoms with Crippen molar-refractivity contribution in [2.45, 2.75) is 31.8 Å². The zero-order valence-electron chi connectivity index (χ0n) is 16.5. The first-order chi connectivity index (χ1) is 14.6. The van der Waals surface area contributed by atoms with Gasteiger partial charge in [-0.2, -0.15) is 4.98 Å². The molecule has 3 aromatic rings. The summed E-state index contributed by atoms with van der Waals surface area (Å²) in [6, 6.07) is 9.33. The van der Waals surface area contributed by atoms with E-state index in [-0.39, 0.29) is 18.1 Å². The van der Waals surface area contributed by atoms with Gasteiger partial charge in [0.05, 0.1) is 24.1 Å². The van der Waals surface area contributed by atoms with Crippen LogP contribution in [0.25, 0.3) is 5.69 Å². The predicted molar refractivity (Wildman–Crippen MR) is 115 cm³/mol. The maximum absolute atomic E-state index is 12.3. The molecule has 1 aromatic carbocycles. The molecule has 9 heteroatoms. The lowest BCUT2D eigenvalue weighted by molar-refractivity contribution is 0.251. The van der Waals surface area contributed by atoms with E-state index < -0.39 is 0 Å². The minimum Gasteiger partial charge on any atom is -0.346 e. The van der Waals surface area contributed by atoms with Crippen molar-refractivity contribution in [3.8, 4) is 5.69 Å². The topological polar surface area (TPSA) is 88.0 Å². The van der Waals surface area contributed by atoms with E-state index in [0.717, 1.165) is 11.4 Å². The number of nitrogens with zero attached hydrogens (tertiary/aromatic N) is 5. The van der Waals surface area contributed by atoms with Crippen molar-refractivity contribution in [1.29, 1.82) is 0 Å². The third kappa shape index (κ3) is 3.70. The summed E-state index contributed by atoms with van der Waals surface area (Å²) in [5.41, 5.74) is 1.84. The van der Waals surface area contributed by atoms with Crippen LogP contribution in [-0.4, -0.2) is 38.1 Å². The Kier molecular flexibility index (Phi) is 4.78. The fourth-order valence-electron chi connectivity index (χ4n) is 3.79. The summed E-state index contributed by atoms with van der Waals surface area (Å²) >= 11 is 5.97. The first-order valence-corrected chi connectivity index (χ1v) is 10.4. The largest absolute Gasteiger partial charge is 0.346 e. The van der Waals surface area contributed by atoms with Crippen molar-refractivity contribution in [2.75, 3.05) is 16.8 Å². The third-order valence-corrected chi connectivity index (χ3v) is 5.84. The van der Waals surface area contributed by atoms with Crippen LogP contribution in [0.15, 0.2) is 49.1 Å². The van der Waals surface area contributed by atoms with Crippen LogP contribution in [0.1, 0.15) is 31.5 Å². The number of carbonyl (C=O) groups is 1. The van der Waals surface area contributed by atoms with E-state index in [2.05, 4.69) is 25.6 Å². The molecule has 1 saturated heterocycles. The second-order valence-electron chi connectivity index (χ2n) is 7.75. The highest BCUT2D eigenvalue weighted by Crippen LogP contribution is 2.38. The van der Waals surface area contributed by atoms with E-state index in [0.29, 0.717) is 29.3 Å². The molecule has 1 unspecified atom stereocenters. The number of hydrogen-bond acceptors (Lipinski definition) is 5. The number of urea groups is 1. The zero-order chi connectivity index (χ0) is 20.7. The summed E-state index contributed by atoms with van der Waals surface area (Å²) in [5, 5.41) is 6.92. The van der Waals surface area contributed by atoms with Crippen LogP contribution in [0.5, 0.6) is 0 Å². The number of halogens is 1. The van der Waals surface area contributed by atoms with E-state index in [1.165, 1.54) is 12.8 Å². The molecule has 2 atom stereocenters. The summed E-state index contributed by atoms with van der Waals surface area (Å²) in [7, 11) is 0. The Morgan fingerprint density at radius 2 is 2.00 bits per heavy atom. The van der Waals surface area contributed by atoms with Crippen molar-refractivity contribution in [1.82, 2.24) is 24.8 Å². The summed E-state index contributed by atoms with van der Waals surface area (Å²) in [5.74, 6) is 1.65. The number of anilines is 2. The van der Waals surface area contributed by atoms with Crippen molar-refractivity contribution in [2.24, 2.45) is 5.92 Å². The molecule has 0 radical (unpaired) electrons. The Bertz CT molecular complexity index is 1060. The molecule has 1 aliphatic carbocycles. The molecule has 2 amide bonds. The summed E-state index contributed by atoms with van der Waals surface area (Å²) in [6.45, 7) is 2.68. The molecule has 1 aliphatic heterocycles. The van der Waals surface area contributed by atoms with Crippen molar-refractivity contribution in [3.63, 3.8) is 0 Å². The summed E-state index contributed by atoms with van der Waals surface area (Å²) in [6.07, 6.45) is 7.74. The number of hydrogen-bond donors (Lipinski definition) is 2. The molecule has 0 spiro atoms. The molecule has 3 heterocycles. The Labute approximate surface area is 179 Å². The van der Waals surface area contributed by atoms with Crippen LogP contribution in [-0.2, 0) is 0 Å². The fraction of sp³-hybridized carbons (Fsp3) is 0.333. The number of nitrogens with one attached hydrogen (secondary N) is 2. The van der Waals surface area contributed by atoms with Gasteiger partial charge in [-0.1, -0.05) is 11.6 Å². The van der Waals surface area contributed by atoms with Crippen LogP contribution in [0.3, 0.4) is 0 Å². The van der Waals surface area contributed by atoms with Crippen molar-refractivity contribution < 1.29 is 4.79 Å². The Morgan fingerprint density at radius 3 is 2.77 bits per heavy atom. The Hall–Kier alpha value is -3.13. The van der Waals surface area contributed by atoms with E-state index in [4.69, 9.17) is 11.6 Å². The van der Waals surface area contributed by atoms with Gasteiger partial charge in [-0.25, -0.2) is 14.8 Å². The predicted octanol–water partition coefficient (Wildman–Crippen LogP) is 3.80. The number of aromatic nitrogens is 4. The Morgan fingerprint density at radius 1 is 1.20 bits per heavy atom. The van der Waals surface area contributed by atoms with Crippen LogP contribution in [0.4, 0.5) is 16.6 Å². The van der Waals surface area contributed by atoms with Crippen LogP contribution in [0, 0.1) is 5.92 Å². The normalized spacial score (nSPS) is 19.6. The summed E-state index contributed by atoms with van der Waals surface area (Å²) < 4.78 is 1.94.